The van der Waals surface area contributed by atoms with Gasteiger partial charge in [0.15, 0.2) is 0 Å². The molecule has 1 aromatic rings. The molecule has 0 bridgehead atoms. The van der Waals surface area contributed by atoms with Gasteiger partial charge in [-0.05, 0) is 6.07 Å². The van der Waals surface area contributed by atoms with E-state index in [4.69, 9.17) is 18.7 Å². The third kappa shape index (κ3) is 1.13. The number of pyridine rings is 1. The monoisotopic (exact) mass is 120 g/mol. The van der Waals surface area contributed by atoms with Crippen LogP contribution in [-0.4, -0.2) is 17.9 Å². The lowest BCUT2D eigenvalue weighted by Crippen LogP contribution is -2.10. The van der Waals surface area contributed by atoms with E-state index >= 15 is 0 Å². The van der Waals surface area contributed by atoms with Gasteiger partial charge in [0, 0.05) is 0 Å². The molecule has 0 aliphatic rings. The molecule has 0 saturated heterocycles. The number of hydrogen-bond acceptors (Lipinski definition) is 3. The van der Waals surface area contributed by atoms with Gasteiger partial charge in [-0.3, -0.25) is 0 Å². The summed E-state index contributed by atoms with van der Waals surface area (Å²) in [6.07, 6.45) is 1.24. The topological polar surface area (TPSA) is 59.1 Å². The molecule has 0 fully saturated rings. The van der Waals surface area contributed by atoms with Crippen molar-refractivity contribution in [2.75, 3.05) is 5.73 Å². The van der Waals surface area contributed by atoms with E-state index in [2.05, 4.69) is 4.98 Å². The van der Waals surface area contributed by atoms with Crippen LogP contribution in [0, 0.1) is 0 Å². The van der Waals surface area contributed by atoms with Gasteiger partial charge in [0.25, 0.3) is 0 Å². The molecule has 1 heterocycles. The van der Waals surface area contributed by atoms with Gasteiger partial charge >= 0.3 is 0 Å². The fourth-order valence-electron chi connectivity index (χ4n) is 0.481. The quantitative estimate of drug-likeness (QED) is 0.439. The van der Waals surface area contributed by atoms with E-state index in [0.29, 0.717) is 5.46 Å². The highest BCUT2D eigenvalue weighted by molar-refractivity contribution is 6.35. The van der Waals surface area contributed by atoms with Crippen LogP contribution in [0.25, 0.3) is 0 Å². The average Bonchev–Trinajstić information content (AvgIpc) is 1.80. The molecule has 1 aromatic heterocycles. The Morgan fingerprint density at radius 2 is 2.33 bits per heavy atom. The molecule has 1 rings (SSSR count). The van der Waals surface area contributed by atoms with E-state index in [-0.39, 0.29) is 11.6 Å². The van der Waals surface area contributed by atoms with Gasteiger partial charge in [0.2, 0.25) is 0 Å². The molecule has 3 nitrogen and oxygen atoms in total. The first-order chi connectivity index (χ1) is 4.20. The number of nitrogens with zero attached hydrogens (tertiary/aromatic N) is 1. The SMILES string of the molecule is [B]c1cc(O)cnc1N. The van der Waals surface area contributed by atoms with Gasteiger partial charge < -0.3 is 10.8 Å². The Balaban J connectivity index is 3.17. The third-order valence-corrected chi connectivity index (χ3v) is 0.935. The molecular weight excluding hydrogens is 115 g/mol. The molecule has 0 unspecified atom stereocenters. The van der Waals surface area contributed by atoms with Gasteiger partial charge in [-0.2, -0.15) is 0 Å². The Hall–Kier alpha value is -1.19. The first-order valence-electron chi connectivity index (χ1n) is 2.40. The van der Waals surface area contributed by atoms with Crippen molar-refractivity contribution < 1.29 is 5.11 Å². The lowest BCUT2D eigenvalue weighted by molar-refractivity contribution is 0.473. The Morgan fingerprint density at radius 1 is 1.67 bits per heavy atom. The second-order valence-electron chi connectivity index (χ2n) is 1.67. The predicted molar refractivity (Wildman–Crippen MR) is 35.7 cm³/mol. The smallest absolute Gasteiger partial charge is 0.133 e. The molecule has 0 aromatic carbocycles. The molecule has 0 aliphatic carbocycles. The van der Waals surface area contributed by atoms with E-state index in [9.17, 15) is 0 Å². The number of aromatic nitrogens is 1. The third-order valence-electron chi connectivity index (χ3n) is 0.935. The maximum atomic E-state index is 8.74. The van der Waals surface area contributed by atoms with E-state index in [1.807, 2.05) is 0 Å². The van der Waals surface area contributed by atoms with Crippen LogP contribution in [-0.2, 0) is 0 Å². The Labute approximate surface area is 53.9 Å². The van der Waals surface area contributed by atoms with Crippen LogP contribution in [0.5, 0.6) is 5.75 Å². The van der Waals surface area contributed by atoms with E-state index in [1.165, 1.54) is 12.3 Å². The number of hydrogen-bond donors (Lipinski definition) is 2. The fourth-order valence-corrected chi connectivity index (χ4v) is 0.481. The van der Waals surface area contributed by atoms with Gasteiger partial charge in [0.1, 0.15) is 19.4 Å². The highest BCUT2D eigenvalue weighted by atomic mass is 16.3. The van der Waals surface area contributed by atoms with Crippen LogP contribution in [0.2, 0.25) is 0 Å². The number of rotatable bonds is 0. The highest BCUT2D eigenvalue weighted by Gasteiger charge is 1.92. The molecule has 4 heteroatoms. The first kappa shape index (κ1) is 5.94. The minimum Gasteiger partial charge on any atom is -0.506 e. The molecule has 0 saturated carbocycles. The van der Waals surface area contributed by atoms with Crippen LogP contribution >= 0.6 is 0 Å². The Bertz CT molecular complexity index is 226. The highest BCUT2D eigenvalue weighted by Crippen LogP contribution is 2.02. The van der Waals surface area contributed by atoms with E-state index in [1.54, 1.807) is 0 Å². The van der Waals surface area contributed by atoms with Crippen LogP contribution in [0.3, 0.4) is 0 Å². The summed E-state index contributed by atoms with van der Waals surface area (Å²) < 4.78 is 0. The lowest BCUT2D eigenvalue weighted by atomic mass is 9.97. The molecule has 3 N–H and O–H groups in total. The second kappa shape index (κ2) is 1.97. The van der Waals surface area contributed by atoms with Crippen molar-refractivity contribution in [3.8, 4) is 5.75 Å². The van der Waals surface area contributed by atoms with Gasteiger partial charge in [-0.15, -0.1) is 0 Å². The molecular formula is C5H5BN2O. The molecule has 9 heavy (non-hydrogen) atoms. The number of nitrogen functional groups attached to an aromatic ring is 1. The van der Waals surface area contributed by atoms with E-state index < -0.39 is 0 Å². The maximum absolute atomic E-state index is 8.74. The Kier molecular flexibility index (Phi) is 1.30. The van der Waals surface area contributed by atoms with E-state index in [0.717, 1.165) is 0 Å². The minimum atomic E-state index is 0.0294. The zero-order chi connectivity index (χ0) is 6.85. The number of anilines is 1. The van der Waals surface area contributed by atoms with Gasteiger partial charge in [-0.25, -0.2) is 4.98 Å². The lowest BCUT2D eigenvalue weighted by Gasteiger charge is -1.96. The maximum Gasteiger partial charge on any atom is 0.133 e. The van der Waals surface area contributed by atoms with Crippen molar-refractivity contribution in [1.82, 2.24) is 4.98 Å². The fraction of sp³-hybridized carbons (Fsp3) is 0. The summed E-state index contributed by atoms with van der Waals surface area (Å²) in [5, 5.41) is 8.74. The molecule has 2 radical (unpaired) electrons. The second-order valence-corrected chi connectivity index (χ2v) is 1.67. The van der Waals surface area contributed by atoms with Crippen LogP contribution in [0.1, 0.15) is 0 Å². The standard InChI is InChI=1S/C5H5BN2O/c6-4-1-3(9)2-8-5(4)7/h1-2,9H,(H2,7,8). The minimum absolute atomic E-state index is 0.0294. The Morgan fingerprint density at radius 3 is 2.78 bits per heavy atom. The summed E-state index contributed by atoms with van der Waals surface area (Å²) in [6.45, 7) is 0. The molecule has 0 amide bonds. The van der Waals surface area contributed by atoms with Crippen molar-refractivity contribution in [3.05, 3.63) is 12.3 Å². The van der Waals surface area contributed by atoms with Crippen molar-refractivity contribution in [2.24, 2.45) is 0 Å². The van der Waals surface area contributed by atoms with Gasteiger partial charge in [0.05, 0.1) is 6.20 Å². The molecule has 44 valence electrons. The molecule has 0 spiro atoms. The summed E-state index contributed by atoms with van der Waals surface area (Å²) in [6, 6.07) is 1.35. The van der Waals surface area contributed by atoms with Crippen molar-refractivity contribution in [1.29, 1.82) is 0 Å². The van der Waals surface area contributed by atoms with Crippen molar-refractivity contribution in [2.45, 2.75) is 0 Å². The average molecular weight is 120 g/mol. The zero-order valence-electron chi connectivity index (χ0n) is 4.70. The normalized spacial score (nSPS) is 9.33. The van der Waals surface area contributed by atoms with Crippen molar-refractivity contribution in [3.63, 3.8) is 0 Å². The van der Waals surface area contributed by atoms with Crippen LogP contribution in [0.15, 0.2) is 12.3 Å². The zero-order valence-corrected chi connectivity index (χ0v) is 4.70. The first-order valence-corrected chi connectivity index (χ1v) is 2.40. The predicted octanol–water partition coefficient (Wildman–Crippen LogP) is -0.837. The molecule has 0 atom stereocenters. The van der Waals surface area contributed by atoms with Crippen LogP contribution in [0.4, 0.5) is 5.82 Å². The van der Waals surface area contributed by atoms with Crippen LogP contribution < -0.4 is 11.2 Å². The number of nitrogens with two attached hydrogens (primary N) is 1. The summed E-state index contributed by atoms with van der Waals surface area (Å²) in [5.74, 6) is 0.273. The van der Waals surface area contributed by atoms with Crippen molar-refractivity contribution >= 4 is 19.1 Å². The summed E-state index contributed by atoms with van der Waals surface area (Å²) in [4.78, 5) is 3.58. The summed E-state index contributed by atoms with van der Waals surface area (Å²) in [7, 11) is 5.27. The molecule has 0 aliphatic heterocycles. The summed E-state index contributed by atoms with van der Waals surface area (Å²) >= 11 is 0. The summed E-state index contributed by atoms with van der Waals surface area (Å²) in [5.41, 5.74) is 5.54. The largest absolute Gasteiger partial charge is 0.506 e. The van der Waals surface area contributed by atoms with Gasteiger partial charge in [-0.1, -0.05) is 5.46 Å². The number of aromatic hydroxyl groups is 1.